The lowest BCUT2D eigenvalue weighted by molar-refractivity contribution is 0.106. The number of aromatic nitrogens is 2. The molecule has 1 unspecified atom stereocenters. The van der Waals surface area contributed by atoms with Crippen molar-refractivity contribution in [3.05, 3.63) is 52.2 Å². The Morgan fingerprint density at radius 1 is 1.30 bits per heavy atom. The summed E-state index contributed by atoms with van der Waals surface area (Å²) in [5, 5.41) is 23.6. The number of amides is 2. The van der Waals surface area contributed by atoms with Crippen LogP contribution in [-0.2, 0) is 11.2 Å². The monoisotopic (exact) mass is 463 g/mol. The minimum absolute atomic E-state index is 0.00384. The number of hydrogen-bond acceptors (Lipinski definition) is 6. The molecular formula is C25H29N5O2S. The zero-order chi connectivity index (χ0) is 23.8. The SMILES string of the molecule is CC(C)OC1=CC=C(c2nnc(-c3cccc4c3CC[C@H]4NC(=O)N(C)C)s2)CC1(C)C#N. The summed E-state index contributed by atoms with van der Waals surface area (Å²) >= 11 is 1.54. The van der Waals surface area contributed by atoms with Crippen LogP contribution in [0.3, 0.4) is 0 Å². The first kappa shape index (κ1) is 23.0. The Hall–Kier alpha value is -3.18. The molecule has 8 heteroatoms. The second-order valence-corrected chi connectivity index (χ2v) is 10.2. The minimum Gasteiger partial charge on any atom is -0.494 e. The normalized spacial score (nSPS) is 21.7. The number of fused-ring (bicyclic) bond motifs is 1. The maximum absolute atomic E-state index is 12.2. The number of carbonyl (C=O) groups is 1. The fourth-order valence-electron chi connectivity index (χ4n) is 4.30. The van der Waals surface area contributed by atoms with Gasteiger partial charge in [-0.2, -0.15) is 5.26 Å². The lowest BCUT2D eigenvalue weighted by Gasteiger charge is -2.29. The van der Waals surface area contributed by atoms with E-state index >= 15 is 0 Å². The molecule has 2 aromatic rings. The van der Waals surface area contributed by atoms with Gasteiger partial charge in [0.05, 0.1) is 18.2 Å². The summed E-state index contributed by atoms with van der Waals surface area (Å²) in [6.45, 7) is 5.83. The van der Waals surface area contributed by atoms with Crippen LogP contribution in [0.2, 0.25) is 0 Å². The second-order valence-electron chi connectivity index (χ2n) is 9.23. The molecule has 7 nitrogen and oxygen atoms in total. The van der Waals surface area contributed by atoms with Gasteiger partial charge in [0, 0.05) is 26.1 Å². The molecule has 172 valence electrons. The molecule has 0 saturated carbocycles. The Morgan fingerprint density at radius 2 is 2.06 bits per heavy atom. The molecule has 2 aliphatic rings. The van der Waals surface area contributed by atoms with Crippen molar-refractivity contribution in [2.24, 2.45) is 5.41 Å². The van der Waals surface area contributed by atoms with Crippen LogP contribution >= 0.6 is 11.3 Å². The lowest BCUT2D eigenvalue weighted by atomic mass is 9.79. The van der Waals surface area contributed by atoms with Gasteiger partial charge < -0.3 is 15.0 Å². The van der Waals surface area contributed by atoms with Crippen molar-refractivity contribution < 1.29 is 9.53 Å². The average molecular weight is 464 g/mol. The molecule has 0 bridgehead atoms. The standard InChI is InChI=1S/C25H29N5O2S/c1-15(2)32-21-12-9-16(13-25(21,3)14-26)22-28-29-23(33-22)19-8-6-7-18-17(19)10-11-20(18)27-24(31)30(4)5/h6-9,12,15,20H,10-11,13H2,1-5H3,(H,27,31)/t20-,25?/m1/s1. The first-order chi connectivity index (χ1) is 15.7. The van der Waals surface area contributed by atoms with Gasteiger partial charge in [0.2, 0.25) is 0 Å². The van der Waals surface area contributed by atoms with Gasteiger partial charge >= 0.3 is 6.03 Å². The third-order valence-electron chi connectivity index (χ3n) is 6.04. The second kappa shape index (κ2) is 8.99. The average Bonchev–Trinajstić information content (AvgIpc) is 3.42. The number of rotatable bonds is 5. The van der Waals surface area contributed by atoms with E-state index in [9.17, 15) is 10.1 Å². The molecule has 0 spiro atoms. The Bertz CT molecular complexity index is 1170. The number of hydrogen-bond donors (Lipinski definition) is 1. The van der Waals surface area contributed by atoms with Crippen LogP contribution in [0.4, 0.5) is 4.79 Å². The topological polar surface area (TPSA) is 91.1 Å². The van der Waals surface area contributed by atoms with Gasteiger partial charge in [0.25, 0.3) is 0 Å². The van der Waals surface area contributed by atoms with Gasteiger partial charge in [-0.05, 0) is 56.4 Å². The molecule has 1 N–H and O–H groups in total. The fourth-order valence-corrected chi connectivity index (χ4v) is 5.22. The molecule has 33 heavy (non-hydrogen) atoms. The highest BCUT2D eigenvalue weighted by atomic mass is 32.1. The van der Waals surface area contributed by atoms with E-state index in [2.05, 4.69) is 33.7 Å². The molecule has 1 aromatic carbocycles. The third-order valence-corrected chi connectivity index (χ3v) is 7.07. The van der Waals surface area contributed by atoms with Crippen LogP contribution in [0.1, 0.15) is 55.8 Å². The van der Waals surface area contributed by atoms with E-state index in [0.29, 0.717) is 12.2 Å². The van der Waals surface area contributed by atoms with E-state index in [1.807, 2.05) is 39.0 Å². The van der Waals surface area contributed by atoms with Crippen LogP contribution in [0.25, 0.3) is 16.1 Å². The molecule has 0 fully saturated rings. The number of nitriles is 1. The summed E-state index contributed by atoms with van der Waals surface area (Å²) < 4.78 is 5.89. The van der Waals surface area contributed by atoms with Crippen molar-refractivity contribution in [1.29, 1.82) is 5.26 Å². The minimum atomic E-state index is -0.730. The summed E-state index contributed by atoms with van der Waals surface area (Å²) in [6.07, 6.45) is 6.17. The number of nitrogens with one attached hydrogen (secondary N) is 1. The van der Waals surface area contributed by atoms with Crippen molar-refractivity contribution in [2.75, 3.05) is 14.1 Å². The van der Waals surface area contributed by atoms with Crippen molar-refractivity contribution in [3.8, 4) is 16.6 Å². The van der Waals surface area contributed by atoms with Crippen LogP contribution in [0.15, 0.2) is 36.1 Å². The number of nitrogens with zero attached hydrogens (tertiary/aromatic N) is 4. The Morgan fingerprint density at radius 3 is 2.76 bits per heavy atom. The van der Waals surface area contributed by atoms with Gasteiger partial charge in [0.15, 0.2) is 0 Å². The molecule has 1 heterocycles. The van der Waals surface area contributed by atoms with Gasteiger partial charge in [-0.25, -0.2) is 4.79 Å². The van der Waals surface area contributed by atoms with Gasteiger partial charge in [-0.15, -0.1) is 10.2 Å². The number of ether oxygens (including phenoxy) is 1. The highest BCUT2D eigenvalue weighted by Gasteiger charge is 2.36. The van der Waals surface area contributed by atoms with Crippen LogP contribution in [0, 0.1) is 16.7 Å². The van der Waals surface area contributed by atoms with E-state index < -0.39 is 5.41 Å². The summed E-state index contributed by atoms with van der Waals surface area (Å²) in [5.41, 5.74) is 3.69. The van der Waals surface area contributed by atoms with Crippen LogP contribution < -0.4 is 5.32 Å². The van der Waals surface area contributed by atoms with Crippen molar-refractivity contribution >= 4 is 22.9 Å². The van der Waals surface area contributed by atoms with E-state index in [1.165, 1.54) is 16.9 Å². The van der Waals surface area contributed by atoms with Crippen molar-refractivity contribution in [1.82, 2.24) is 20.4 Å². The first-order valence-corrected chi connectivity index (χ1v) is 12.0. The molecule has 2 aliphatic carbocycles. The molecule has 2 amide bonds. The number of carbonyl (C=O) groups excluding carboxylic acids is 1. The quantitative estimate of drug-likeness (QED) is 0.667. The zero-order valence-corrected chi connectivity index (χ0v) is 20.5. The summed E-state index contributed by atoms with van der Waals surface area (Å²) in [4.78, 5) is 13.7. The van der Waals surface area contributed by atoms with Gasteiger partial charge in [-0.3, -0.25) is 0 Å². The van der Waals surface area contributed by atoms with E-state index in [4.69, 9.17) is 4.74 Å². The van der Waals surface area contributed by atoms with Gasteiger partial charge in [0.1, 0.15) is 21.2 Å². The maximum Gasteiger partial charge on any atom is 0.317 e. The number of urea groups is 1. The third kappa shape index (κ3) is 4.51. The predicted octanol–water partition coefficient (Wildman–Crippen LogP) is 5.09. The van der Waals surface area contributed by atoms with Crippen LogP contribution in [-0.4, -0.2) is 41.3 Å². The van der Waals surface area contributed by atoms with E-state index in [-0.39, 0.29) is 18.2 Å². The highest BCUT2D eigenvalue weighted by molar-refractivity contribution is 7.15. The summed E-state index contributed by atoms with van der Waals surface area (Å²) in [7, 11) is 3.49. The molecule has 0 saturated heterocycles. The maximum atomic E-state index is 12.2. The van der Waals surface area contributed by atoms with Crippen molar-refractivity contribution in [3.63, 3.8) is 0 Å². The number of allylic oxidation sites excluding steroid dienone is 4. The first-order valence-electron chi connectivity index (χ1n) is 11.1. The van der Waals surface area contributed by atoms with Crippen LogP contribution in [0.5, 0.6) is 0 Å². The molecule has 0 aliphatic heterocycles. The predicted molar refractivity (Wildman–Crippen MR) is 129 cm³/mol. The van der Waals surface area contributed by atoms with E-state index in [1.54, 1.807) is 19.0 Å². The summed E-state index contributed by atoms with van der Waals surface area (Å²) in [6, 6.07) is 8.50. The summed E-state index contributed by atoms with van der Waals surface area (Å²) in [5.74, 6) is 0.695. The molecular weight excluding hydrogens is 434 g/mol. The zero-order valence-electron chi connectivity index (χ0n) is 19.7. The molecule has 0 radical (unpaired) electrons. The molecule has 4 rings (SSSR count). The fraction of sp³-hybridized carbons (Fsp3) is 0.440. The van der Waals surface area contributed by atoms with Crippen molar-refractivity contribution in [2.45, 2.75) is 52.2 Å². The Kier molecular flexibility index (Phi) is 6.26. The molecule has 2 atom stereocenters. The highest BCUT2D eigenvalue weighted by Crippen LogP contribution is 2.44. The molecule has 1 aromatic heterocycles. The smallest absolute Gasteiger partial charge is 0.317 e. The van der Waals surface area contributed by atoms with Gasteiger partial charge in [-0.1, -0.05) is 35.6 Å². The Balaban J connectivity index is 1.61. The van der Waals surface area contributed by atoms with E-state index in [0.717, 1.165) is 39.6 Å². The Labute approximate surface area is 198 Å². The lowest BCUT2D eigenvalue weighted by Crippen LogP contribution is -2.36. The largest absolute Gasteiger partial charge is 0.494 e. The number of benzene rings is 1.